The van der Waals surface area contributed by atoms with Crippen molar-refractivity contribution in [2.75, 3.05) is 19.6 Å². The summed E-state index contributed by atoms with van der Waals surface area (Å²) in [5.74, 6) is 0.815. The number of thiazole rings is 1. The fourth-order valence-corrected chi connectivity index (χ4v) is 3.37. The molecule has 1 unspecified atom stereocenters. The fraction of sp³-hybridized carbons (Fsp3) is 0.786. The lowest BCUT2D eigenvalue weighted by Crippen LogP contribution is -2.40. The number of aryl methyl sites for hydroxylation is 1. The third-order valence-corrected chi connectivity index (χ3v) is 4.55. The zero-order valence-corrected chi connectivity index (χ0v) is 12.6. The highest BCUT2D eigenvalue weighted by atomic mass is 32.1. The van der Waals surface area contributed by atoms with Gasteiger partial charge in [0.1, 0.15) is 0 Å². The largest absolute Gasteiger partial charge is 0.316 e. The van der Waals surface area contributed by atoms with E-state index in [2.05, 4.69) is 36.0 Å². The molecular weight excluding hydrogens is 242 g/mol. The predicted octanol–water partition coefficient (Wildman–Crippen LogP) is 2.66. The summed E-state index contributed by atoms with van der Waals surface area (Å²) in [6, 6.07) is 0.606. The van der Waals surface area contributed by atoms with Crippen LogP contribution in [0.4, 0.5) is 0 Å². The molecule has 0 amide bonds. The van der Waals surface area contributed by atoms with Crippen LogP contribution in [0.25, 0.3) is 0 Å². The summed E-state index contributed by atoms with van der Waals surface area (Å²) < 4.78 is 0. The summed E-state index contributed by atoms with van der Waals surface area (Å²) in [6.45, 7) is 11.3. The van der Waals surface area contributed by atoms with Crippen LogP contribution in [-0.4, -0.2) is 35.6 Å². The Morgan fingerprint density at radius 2 is 2.39 bits per heavy atom. The Bertz CT molecular complexity index is 356. The molecule has 0 saturated carbocycles. The van der Waals surface area contributed by atoms with Gasteiger partial charge in [-0.05, 0) is 52.6 Å². The molecule has 1 fully saturated rings. The topological polar surface area (TPSA) is 28.2 Å². The number of rotatable bonds is 5. The smallest absolute Gasteiger partial charge is 0.0897 e. The fourth-order valence-electron chi connectivity index (χ4n) is 2.55. The second-order valence-electron chi connectivity index (χ2n) is 5.58. The van der Waals surface area contributed by atoms with Gasteiger partial charge in [-0.3, -0.25) is 4.90 Å². The van der Waals surface area contributed by atoms with Crippen molar-refractivity contribution in [3.63, 3.8) is 0 Å². The molecule has 3 nitrogen and oxygen atoms in total. The first-order valence-electron chi connectivity index (χ1n) is 7.01. The van der Waals surface area contributed by atoms with Gasteiger partial charge in [0.25, 0.3) is 0 Å². The van der Waals surface area contributed by atoms with Crippen molar-refractivity contribution in [1.29, 1.82) is 0 Å². The first-order chi connectivity index (χ1) is 8.65. The third kappa shape index (κ3) is 4.04. The Morgan fingerprint density at radius 3 is 2.94 bits per heavy atom. The van der Waals surface area contributed by atoms with Crippen LogP contribution in [0.15, 0.2) is 6.20 Å². The number of piperidine rings is 1. The van der Waals surface area contributed by atoms with Gasteiger partial charge in [0, 0.05) is 30.2 Å². The highest BCUT2D eigenvalue weighted by Crippen LogP contribution is 2.19. The zero-order valence-electron chi connectivity index (χ0n) is 11.8. The molecule has 2 heterocycles. The molecule has 0 radical (unpaired) electrons. The minimum absolute atomic E-state index is 0.606. The molecule has 1 aliphatic rings. The van der Waals surface area contributed by atoms with Crippen LogP contribution in [-0.2, 0) is 6.54 Å². The quantitative estimate of drug-likeness (QED) is 0.889. The third-order valence-electron chi connectivity index (χ3n) is 3.65. The van der Waals surface area contributed by atoms with E-state index < -0.39 is 0 Å². The van der Waals surface area contributed by atoms with Gasteiger partial charge in [0.05, 0.1) is 5.01 Å². The van der Waals surface area contributed by atoms with Crippen LogP contribution < -0.4 is 5.32 Å². The van der Waals surface area contributed by atoms with Crippen LogP contribution in [0.3, 0.4) is 0 Å². The van der Waals surface area contributed by atoms with Crippen LogP contribution in [0.5, 0.6) is 0 Å². The molecule has 0 aliphatic carbocycles. The van der Waals surface area contributed by atoms with E-state index in [1.54, 1.807) is 0 Å². The van der Waals surface area contributed by atoms with Gasteiger partial charge < -0.3 is 5.32 Å². The van der Waals surface area contributed by atoms with Crippen LogP contribution in [0.1, 0.15) is 36.6 Å². The van der Waals surface area contributed by atoms with E-state index in [0.29, 0.717) is 6.04 Å². The minimum atomic E-state index is 0.606. The van der Waals surface area contributed by atoms with Gasteiger partial charge in [-0.25, -0.2) is 4.98 Å². The van der Waals surface area contributed by atoms with E-state index >= 15 is 0 Å². The standard InChI is InChI=1S/C14H25N3S/c1-11(2)17(9-13-5-4-6-15-7-13)10-14-8-16-12(3)18-14/h8,11,13,15H,4-7,9-10H2,1-3H3. The molecular formula is C14H25N3S. The second kappa shape index (κ2) is 6.64. The summed E-state index contributed by atoms with van der Waals surface area (Å²) >= 11 is 1.83. The van der Waals surface area contributed by atoms with E-state index in [-0.39, 0.29) is 0 Å². The number of nitrogens with zero attached hydrogens (tertiary/aromatic N) is 2. The highest BCUT2D eigenvalue weighted by Gasteiger charge is 2.19. The summed E-state index contributed by atoms with van der Waals surface area (Å²) in [4.78, 5) is 8.34. The SMILES string of the molecule is Cc1ncc(CN(CC2CCCNC2)C(C)C)s1. The molecule has 1 aromatic rings. The summed E-state index contributed by atoms with van der Waals surface area (Å²) in [7, 11) is 0. The molecule has 0 bridgehead atoms. The average molecular weight is 267 g/mol. The van der Waals surface area contributed by atoms with Crippen LogP contribution in [0.2, 0.25) is 0 Å². The Labute approximate surface area is 115 Å². The number of nitrogens with one attached hydrogen (secondary N) is 1. The van der Waals surface area contributed by atoms with Crippen LogP contribution >= 0.6 is 11.3 Å². The lowest BCUT2D eigenvalue weighted by atomic mass is 9.98. The Hall–Kier alpha value is -0.450. The van der Waals surface area contributed by atoms with E-state index in [0.717, 1.165) is 12.5 Å². The molecule has 1 N–H and O–H groups in total. The van der Waals surface area contributed by atoms with E-state index in [1.807, 2.05) is 17.5 Å². The van der Waals surface area contributed by atoms with Crippen molar-refractivity contribution in [2.45, 2.75) is 46.2 Å². The first-order valence-corrected chi connectivity index (χ1v) is 7.83. The van der Waals surface area contributed by atoms with Gasteiger partial charge in [-0.2, -0.15) is 0 Å². The second-order valence-corrected chi connectivity index (χ2v) is 6.90. The molecule has 1 saturated heterocycles. The molecule has 18 heavy (non-hydrogen) atoms. The normalized spacial score (nSPS) is 20.8. The summed E-state index contributed by atoms with van der Waals surface area (Å²) in [5.41, 5.74) is 0. The zero-order chi connectivity index (χ0) is 13.0. The van der Waals surface area contributed by atoms with Gasteiger partial charge >= 0.3 is 0 Å². The van der Waals surface area contributed by atoms with Crippen molar-refractivity contribution in [3.8, 4) is 0 Å². The van der Waals surface area contributed by atoms with Gasteiger partial charge in [-0.15, -0.1) is 11.3 Å². The first kappa shape index (κ1) is 14.0. The number of hydrogen-bond acceptors (Lipinski definition) is 4. The number of aromatic nitrogens is 1. The molecule has 1 aliphatic heterocycles. The minimum Gasteiger partial charge on any atom is -0.316 e. The van der Waals surface area contributed by atoms with Gasteiger partial charge in [-0.1, -0.05) is 0 Å². The maximum absolute atomic E-state index is 4.36. The monoisotopic (exact) mass is 267 g/mol. The molecule has 4 heteroatoms. The Kier molecular flexibility index (Phi) is 5.15. The van der Waals surface area contributed by atoms with E-state index in [1.165, 1.54) is 42.4 Å². The molecule has 2 rings (SSSR count). The van der Waals surface area contributed by atoms with Crippen molar-refractivity contribution < 1.29 is 0 Å². The van der Waals surface area contributed by atoms with E-state index in [9.17, 15) is 0 Å². The molecule has 1 aromatic heterocycles. The molecule has 0 aromatic carbocycles. The summed E-state index contributed by atoms with van der Waals surface area (Å²) in [5, 5.41) is 4.68. The Morgan fingerprint density at radius 1 is 1.56 bits per heavy atom. The molecule has 1 atom stereocenters. The van der Waals surface area contributed by atoms with E-state index in [4.69, 9.17) is 0 Å². The van der Waals surface area contributed by atoms with Gasteiger partial charge in [0.2, 0.25) is 0 Å². The van der Waals surface area contributed by atoms with Crippen molar-refractivity contribution in [2.24, 2.45) is 5.92 Å². The summed E-state index contributed by atoms with van der Waals surface area (Å²) in [6.07, 6.45) is 4.74. The molecule has 102 valence electrons. The lowest BCUT2D eigenvalue weighted by molar-refractivity contribution is 0.165. The highest BCUT2D eigenvalue weighted by molar-refractivity contribution is 7.11. The maximum atomic E-state index is 4.36. The van der Waals surface area contributed by atoms with Crippen LogP contribution in [0, 0.1) is 12.8 Å². The van der Waals surface area contributed by atoms with Crippen molar-refractivity contribution >= 4 is 11.3 Å². The van der Waals surface area contributed by atoms with Gasteiger partial charge in [0.15, 0.2) is 0 Å². The van der Waals surface area contributed by atoms with Crippen molar-refractivity contribution in [3.05, 3.63) is 16.1 Å². The molecule has 0 spiro atoms. The van der Waals surface area contributed by atoms with Crippen molar-refractivity contribution in [1.82, 2.24) is 15.2 Å². The average Bonchev–Trinajstić information content (AvgIpc) is 2.75. The Balaban J connectivity index is 1.90. The number of hydrogen-bond donors (Lipinski definition) is 1. The maximum Gasteiger partial charge on any atom is 0.0897 e. The lowest BCUT2D eigenvalue weighted by Gasteiger charge is -2.32. The predicted molar refractivity (Wildman–Crippen MR) is 78.0 cm³/mol.